The Morgan fingerprint density at radius 1 is 0.844 bits per heavy atom. The van der Waals surface area contributed by atoms with Crippen LogP contribution in [-0.2, 0) is 42.9 Å². The fourth-order valence-electron chi connectivity index (χ4n) is 8.38. The number of carbonyl (C=O) groups is 5. The minimum absolute atomic E-state index is 0.00889. The van der Waals surface area contributed by atoms with Crippen LogP contribution < -0.4 is 0 Å². The van der Waals surface area contributed by atoms with Crippen LogP contribution in [0.25, 0.3) is 0 Å². The van der Waals surface area contributed by atoms with Crippen molar-refractivity contribution in [3.8, 4) is 0 Å². The van der Waals surface area contributed by atoms with E-state index < -0.39 is 18.0 Å². The van der Waals surface area contributed by atoms with E-state index in [-0.39, 0.29) is 47.2 Å². The van der Waals surface area contributed by atoms with Crippen molar-refractivity contribution in [2.45, 2.75) is 137 Å². The van der Waals surface area contributed by atoms with Crippen LogP contribution in [0.5, 0.6) is 0 Å². The molecule has 0 N–H and O–H groups in total. The lowest BCUT2D eigenvalue weighted by atomic mass is 9.75. The van der Waals surface area contributed by atoms with Gasteiger partial charge >= 0.3 is 29.8 Å². The van der Waals surface area contributed by atoms with Gasteiger partial charge in [-0.25, -0.2) is 4.79 Å². The molecule has 0 aromatic heterocycles. The van der Waals surface area contributed by atoms with E-state index in [1.54, 1.807) is 13.8 Å². The van der Waals surface area contributed by atoms with E-state index in [0.717, 1.165) is 38.0 Å². The van der Waals surface area contributed by atoms with Gasteiger partial charge in [-0.1, -0.05) is 60.8 Å². The van der Waals surface area contributed by atoms with Gasteiger partial charge in [-0.2, -0.15) is 0 Å². The van der Waals surface area contributed by atoms with Crippen molar-refractivity contribution in [3.63, 3.8) is 0 Å². The molecule has 4 aliphatic carbocycles. The van der Waals surface area contributed by atoms with Gasteiger partial charge in [-0.3, -0.25) is 19.2 Å². The molecule has 6 aliphatic rings. The SMILES string of the molecule is CC1C(=O)OC(=O)C1C.CC1C2CC(C(=O)OC3CCOC3=O)C(C2)C1C.CCC(C)C(=O)OC1(C2CCCCC2)CCCC1. The van der Waals surface area contributed by atoms with Crippen LogP contribution >= 0.6 is 0 Å². The van der Waals surface area contributed by atoms with Crippen LogP contribution in [0.15, 0.2) is 0 Å². The molecule has 2 aliphatic heterocycles. The van der Waals surface area contributed by atoms with Crippen molar-refractivity contribution in [2.75, 3.05) is 6.61 Å². The molecular weight excluding hydrogens is 576 g/mol. The molecule has 6 rings (SSSR count). The summed E-state index contributed by atoms with van der Waals surface area (Å²) in [6.45, 7) is 12.3. The topological polar surface area (TPSA) is 122 Å². The number of hydrogen-bond acceptors (Lipinski definition) is 9. The molecule has 9 atom stereocenters. The van der Waals surface area contributed by atoms with E-state index in [1.165, 1.54) is 44.9 Å². The van der Waals surface area contributed by atoms with Crippen LogP contribution in [0, 0.1) is 53.3 Å². The molecule has 2 bridgehead atoms. The van der Waals surface area contributed by atoms with Gasteiger partial charge in [0.1, 0.15) is 5.60 Å². The molecule has 254 valence electrons. The molecule has 4 saturated carbocycles. The molecule has 2 saturated heterocycles. The number of fused-ring (bicyclic) bond motifs is 2. The number of esters is 5. The Kier molecular flexibility index (Phi) is 12.1. The van der Waals surface area contributed by atoms with Crippen LogP contribution in [0.3, 0.4) is 0 Å². The second-order valence-electron chi connectivity index (χ2n) is 14.8. The van der Waals surface area contributed by atoms with Crippen molar-refractivity contribution in [2.24, 2.45) is 53.3 Å². The first kappa shape index (κ1) is 35.4. The third-order valence-corrected chi connectivity index (χ3v) is 12.2. The molecule has 9 nitrogen and oxygen atoms in total. The molecule has 0 aromatic rings. The molecule has 0 amide bonds. The number of cyclic esters (lactones) is 3. The van der Waals surface area contributed by atoms with Gasteiger partial charge in [0.25, 0.3) is 0 Å². The largest absolute Gasteiger partial charge is 0.463 e. The molecule has 2 heterocycles. The van der Waals surface area contributed by atoms with Gasteiger partial charge in [-0.05, 0) is 87.4 Å². The highest BCUT2D eigenvalue weighted by Crippen LogP contribution is 2.55. The van der Waals surface area contributed by atoms with Crippen LogP contribution in [0.4, 0.5) is 0 Å². The molecule has 0 radical (unpaired) electrons. The summed E-state index contributed by atoms with van der Waals surface area (Å²) >= 11 is 0. The van der Waals surface area contributed by atoms with Crippen LogP contribution in [-0.4, -0.2) is 48.2 Å². The zero-order valence-corrected chi connectivity index (χ0v) is 28.3. The first-order chi connectivity index (χ1) is 21.4. The summed E-state index contributed by atoms with van der Waals surface area (Å²) in [4.78, 5) is 56.7. The first-order valence-electron chi connectivity index (χ1n) is 17.7. The summed E-state index contributed by atoms with van der Waals surface area (Å²) < 4.78 is 20.5. The molecule has 0 spiro atoms. The number of carbonyl (C=O) groups excluding carboxylic acids is 5. The Hall–Kier alpha value is -2.45. The van der Waals surface area contributed by atoms with E-state index in [4.69, 9.17) is 14.2 Å². The predicted molar refractivity (Wildman–Crippen MR) is 166 cm³/mol. The third-order valence-electron chi connectivity index (χ3n) is 12.2. The molecule has 9 unspecified atom stereocenters. The second kappa shape index (κ2) is 15.4. The van der Waals surface area contributed by atoms with E-state index in [1.807, 2.05) is 6.92 Å². The number of ether oxygens (including phenoxy) is 4. The first-order valence-corrected chi connectivity index (χ1v) is 17.7. The zero-order chi connectivity index (χ0) is 32.9. The van der Waals surface area contributed by atoms with Gasteiger partial charge in [0.15, 0.2) is 0 Å². The predicted octanol–water partition coefficient (Wildman–Crippen LogP) is 6.58. The highest BCUT2D eigenvalue weighted by molar-refractivity contribution is 5.95. The summed E-state index contributed by atoms with van der Waals surface area (Å²) in [5.41, 5.74) is -0.0824. The number of hydrogen-bond donors (Lipinski definition) is 0. The van der Waals surface area contributed by atoms with Gasteiger partial charge in [0.2, 0.25) is 6.10 Å². The normalized spacial score (nSPS) is 35.8. The van der Waals surface area contributed by atoms with Gasteiger partial charge in [-0.15, -0.1) is 0 Å². The average molecular weight is 633 g/mol. The smallest absolute Gasteiger partial charge is 0.347 e. The monoisotopic (exact) mass is 632 g/mol. The third kappa shape index (κ3) is 8.10. The van der Waals surface area contributed by atoms with Crippen molar-refractivity contribution >= 4 is 29.8 Å². The van der Waals surface area contributed by atoms with Gasteiger partial charge < -0.3 is 18.9 Å². The average Bonchev–Trinajstić information content (AvgIpc) is 3.87. The van der Waals surface area contributed by atoms with Gasteiger partial charge in [0.05, 0.1) is 30.3 Å². The summed E-state index contributed by atoms with van der Waals surface area (Å²) in [6, 6.07) is 0. The summed E-state index contributed by atoms with van der Waals surface area (Å²) in [5, 5.41) is 0. The quantitative estimate of drug-likeness (QED) is 0.181. The van der Waals surface area contributed by atoms with E-state index in [2.05, 4.69) is 25.5 Å². The van der Waals surface area contributed by atoms with E-state index in [0.29, 0.717) is 36.7 Å². The summed E-state index contributed by atoms with van der Waals surface area (Å²) in [7, 11) is 0. The second-order valence-corrected chi connectivity index (χ2v) is 14.8. The van der Waals surface area contributed by atoms with Crippen LogP contribution in [0.1, 0.15) is 125 Å². The Balaban J connectivity index is 0.000000163. The maximum absolute atomic E-state index is 12.2. The fourth-order valence-corrected chi connectivity index (χ4v) is 8.38. The Bertz CT molecular complexity index is 1050. The Morgan fingerprint density at radius 3 is 1.93 bits per heavy atom. The number of rotatable bonds is 6. The van der Waals surface area contributed by atoms with Crippen LogP contribution in [0.2, 0.25) is 0 Å². The Morgan fingerprint density at radius 2 is 1.47 bits per heavy atom. The maximum Gasteiger partial charge on any atom is 0.347 e. The molecule has 0 aromatic carbocycles. The zero-order valence-electron chi connectivity index (χ0n) is 28.3. The standard InChI is InChI=1S/C16H28O2.C14H20O4.C6H8O3/c1-3-13(2)15(17)18-16(11-7-8-12-16)14-9-5-4-6-10-14;1-7-8(2)10-5-9(7)6-11(10)13(15)18-12-3-4-17-14(12)16;1-3-4(2)6(8)9-5(3)7/h13-14H,3-12H2,1-2H3;7-12H,3-6H2,1-2H3;3-4H,1-2H3. The minimum Gasteiger partial charge on any atom is -0.463 e. The lowest BCUT2D eigenvalue weighted by Crippen LogP contribution is -2.42. The highest BCUT2D eigenvalue weighted by Gasteiger charge is 2.52. The van der Waals surface area contributed by atoms with E-state index in [9.17, 15) is 24.0 Å². The summed E-state index contributed by atoms with van der Waals surface area (Å²) in [5.74, 6) is 1.33. The minimum atomic E-state index is -0.649. The molecule has 9 heteroatoms. The van der Waals surface area contributed by atoms with Crippen molar-refractivity contribution in [1.29, 1.82) is 0 Å². The lowest BCUT2D eigenvalue weighted by molar-refractivity contribution is -0.172. The fraction of sp³-hybridized carbons (Fsp3) is 0.861. The molecular formula is C36H56O9. The van der Waals surface area contributed by atoms with Crippen molar-refractivity contribution in [3.05, 3.63) is 0 Å². The van der Waals surface area contributed by atoms with E-state index >= 15 is 0 Å². The Labute approximate surface area is 269 Å². The van der Waals surface area contributed by atoms with Gasteiger partial charge in [0, 0.05) is 6.42 Å². The van der Waals surface area contributed by atoms with Crippen molar-refractivity contribution < 1.29 is 42.9 Å². The summed E-state index contributed by atoms with van der Waals surface area (Å²) in [6.07, 6.45) is 14.1. The maximum atomic E-state index is 12.2. The molecule has 45 heavy (non-hydrogen) atoms. The molecule has 6 fully saturated rings. The highest BCUT2D eigenvalue weighted by atomic mass is 16.6. The van der Waals surface area contributed by atoms with Crippen molar-refractivity contribution in [1.82, 2.24) is 0 Å². The lowest BCUT2D eigenvalue weighted by Gasteiger charge is -2.40.